The average molecular weight is 362 g/mol. The molecule has 2 aromatic carbocycles. The number of aliphatic hydroxyl groups excluding tert-OH is 1. The number of aromatic nitrogens is 3. The summed E-state index contributed by atoms with van der Waals surface area (Å²) in [5.41, 5.74) is 1.69. The van der Waals surface area contributed by atoms with Crippen molar-refractivity contribution in [3.63, 3.8) is 0 Å². The number of benzene rings is 2. The van der Waals surface area contributed by atoms with Gasteiger partial charge >= 0.3 is 0 Å². The fourth-order valence-electron chi connectivity index (χ4n) is 2.35. The van der Waals surface area contributed by atoms with E-state index in [-0.39, 0.29) is 6.61 Å². The topological polar surface area (TPSA) is 60.2 Å². The highest BCUT2D eigenvalue weighted by molar-refractivity contribution is 7.99. The Labute approximate surface area is 149 Å². The third-order valence-electron chi connectivity index (χ3n) is 3.36. The Morgan fingerprint density at radius 1 is 1.17 bits per heavy atom. The molecule has 0 aliphatic rings. The maximum absolute atomic E-state index is 9.13. The zero-order valence-corrected chi connectivity index (χ0v) is 14.6. The SMILES string of the molecule is COc1ccccc1-n1c(SCCO)nnc1-c1cccc(Cl)c1. The molecule has 1 N–H and O–H groups in total. The third-order valence-corrected chi connectivity index (χ3v) is 4.51. The molecule has 0 spiro atoms. The zero-order chi connectivity index (χ0) is 16.9. The quantitative estimate of drug-likeness (QED) is 0.678. The number of halogens is 1. The molecule has 0 aliphatic heterocycles. The molecule has 0 saturated carbocycles. The van der Waals surface area contributed by atoms with Gasteiger partial charge in [-0.2, -0.15) is 0 Å². The second kappa shape index (κ2) is 7.70. The Bertz CT molecular complexity index is 838. The lowest BCUT2D eigenvalue weighted by Crippen LogP contribution is -2.03. The van der Waals surface area contributed by atoms with E-state index in [1.54, 1.807) is 7.11 Å². The summed E-state index contributed by atoms with van der Waals surface area (Å²) in [5.74, 6) is 1.91. The van der Waals surface area contributed by atoms with Crippen molar-refractivity contribution in [2.75, 3.05) is 19.5 Å². The molecule has 0 radical (unpaired) electrons. The van der Waals surface area contributed by atoms with Gasteiger partial charge in [-0.25, -0.2) is 0 Å². The van der Waals surface area contributed by atoms with Gasteiger partial charge in [-0.3, -0.25) is 4.57 Å². The van der Waals surface area contributed by atoms with Gasteiger partial charge in [-0.05, 0) is 24.3 Å². The number of para-hydroxylation sites is 2. The van der Waals surface area contributed by atoms with Crippen LogP contribution < -0.4 is 4.74 Å². The number of nitrogens with zero attached hydrogens (tertiary/aromatic N) is 3. The van der Waals surface area contributed by atoms with Crippen LogP contribution >= 0.6 is 23.4 Å². The van der Waals surface area contributed by atoms with Crippen LogP contribution in [0.5, 0.6) is 5.75 Å². The Hall–Kier alpha value is -2.02. The molecule has 3 rings (SSSR count). The first-order valence-corrected chi connectivity index (χ1v) is 8.69. The van der Waals surface area contributed by atoms with Gasteiger partial charge < -0.3 is 9.84 Å². The first-order chi connectivity index (χ1) is 11.7. The summed E-state index contributed by atoms with van der Waals surface area (Å²) in [6.07, 6.45) is 0. The molecular weight excluding hydrogens is 346 g/mol. The van der Waals surface area contributed by atoms with Gasteiger partial charge in [0.1, 0.15) is 5.75 Å². The minimum atomic E-state index is 0.0654. The van der Waals surface area contributed by atoms with E-state index in [2.05, 4.69) is 10.2 Å². The van der Waals surface area contributed by atoms with Gasteiger partial charge in [0, 0.05) is 16.3 Å². The molecule has 5 nitrogen and oxygen atoms in total. The van der Waals surface area contributed by atoms with Gasteiger partial charge in [0.05, 0.1) is 19.4 Å². The fraction of sp³-hybridized carbons (Fsp3) is 0.176. The molecule has 1 aromatic heterocycles. The molecule has 0 bridgehead atoms. The fourth-order valence-corrected chi connectivity index (χ4v) is 3.22. The summed E-state index contributed by atoms with van der Waals surface area (Å²) in [5, 5.41) is 19.1. The minimum absolute atomic E-state index is 0.0654. The molecule has 124 valence electrons. The predicted molar refractivity (Wildman–Crippen MR) is 96.2 cm³/mol. The van der Waals surface area contributed by atoms with Crippen molar-refractivity contribution in [1.82, 2.24) is 14.8 Å². The van der Waals surface area contributed by atoms with E-state index < -0.39 is 0 Å². The van der Waals surface area contributed by atoms with Crippen LogP contribution in [0.4, 0.5) is 0 Å². The number of hydrogen-bond acceptors (Lipinski definition) is 5. The second-order valence-electron chi connectivity index (χ2n) is 4.90. The lowest BCUT2D eigenvalue weighted by Gasteiger charge is -2.13. The Balaban J connectivity index is 2.19. The lowest BCUT2D eigenvalue weighted by atomic mass is 10.2. The van der Waals surface area contributed by atoms with Gasteiger partial charge in [0.25, 0.3) is 0 Å². The molecule has 0 atom stereocenters. The smallest absolute Gasteiger partial charge is 0.196 e. The van der Waals surface area contributed by atoms with Crippen LogP contribution in [0.25, 0.3) is 17.1 Å². The highest BCUT2D eigenvalue weighted by Gasteiger charge is 2.18. The van der Waals surface area contributed by atoms with Crippen molar-refractivity contribution in [2.45, 2.75) is 5.16 Å². The van der Waals surface area contributed by atoms with Crippen LogP contribution in [0, 0.1) is 0 Å². The van der Waals surface area contributed by atoms with Crippen molar-refractivity contribution in [1.29, 1.82) is 0 Å². The Morgan fingerprint density at radius 2 is 2.00 bits per heavy atom. The van der Waals surface area contributed by atoms with E-state index in [0.717, 1.165) is 11.3 Å². The molecule has 7 heteroatoms. The third kappa shape index (κ3) is 3.40. The lowest BCUT2D eigenvalue weighted by molar-refractivity contribution is 0.322. The first kappa shape index (κ1) is 16.8. The average Bonchev–Trinajstić information content (AvgIpc) is 3.03. The monoisotopic (exact) mass is 361 g/mol. The summed E-state index contributed by atoms with van der Waals surface area (Å²) in [4.78, 5) is 0. The van der Waals surface area contributed by atoms with Gasteiger partial charge in [0.15, 0.2) is 11.0 Å². The number of methoxy groups -OCH3 is 1. The molecule has 1 heterocycles. The largest absolute Gasteiger partial charge is 0.495 e. The number of hydrogen-bond donors (Lipinski definition) is 1. The Kier molecular flexibility index (Phi) is 5.40. The van der Waals surface area contributed by atoms with Crippen LogP contribution in [0.1, 0.15) is 0 Å². The molecule has 0 amide bonds. The van der Waals surface area contributed by atoms with Crippen LogP contribution in [0.3, 0.4) is 0 Å². The molecule has 0 fully saturated rings. The van der Waals surface area contributed by atoms with Crippen molar-refractivity contribution < 1.29 is 9.84 Å². The second-order valence-corrected chi connectivity index (χ2v) is 6.39. The van der Waals surface area contributed by atoms with Crippen molar-refractivity contribution in [3.05, 3.63) is 53.6 Å². The van der Waals surface area contributed by atoms with Gasteiger partial charge in [-0.1, -0.05) is 47.6 Å². The van der Waals surface area contributed by atoms with E-state index in [1.807, 2.05) is 53.1 Å². The van der Waals surface area contributed by atoms with Gasteiger partial charge in [0.2, 0.25) is 0 Å². The number of rotatable bonds is 6. The molecule has 24 heavy (non-hydrogen) atoms. The zero-order valence-electron chi connectivity index (χ0n) is 13.0. The summed E-state index contributed by atoms with van der Waals surface area (Å²) < 4.78 is 7.40. The summed E-state index contributed by atoms with van der Waals surface area (Å²) >= 11 is 7.55. The summed E-state index contributed by atoms with van der Waals surface area (Å²) in [6, 6.07) is 15.1. The molecular formula is C17H16ClN3O2S. The number of ether oxygens (including phenoxy) is 1. The molecule has 0 saturated heterocycles. The molecule has 0 aliphatic carbocycles. The summed E-state index contributed by atoms with van der Waals surface area (Å²) in [6.45, 7) is 0.0654. The van der Waals surface area contributed by atoms with E-state index >= 15 is 0 Å². The van der Waals surface area contributed by atoms with Crippen molar-refractivity contribution in [3.8, 4) is 22.8 Å². The highest BCUT2D eigenvalue weighted by atomic mass is 35.5. The van der Waals surface area contributed by atoms with Crippen LogP contribution in [0.2, 0.25) is 5.02 Å². The van der Waals surface area contributed by atoms with Gasteiger partial charge in [-0.15, -0.1) is 10.2 Å². The maximum Gasteiger partial charge on any atom is 0.196 e. The van der Waals surface area contributed by atoms with Crippen molar-refractivity contribution >= 4 is 23.4 Å². The van der Waals surface area contributed by atoms with Crippen molar-refractivity contribution in [2.24, 2.45) is 0 Å². The number of thioether (sulfide) groups is 1. The van der Waals surface area contributed by atoms with Crippen LogP contribution in [-0.4, -0.2) is 39.3 Å². The van der Waals surface area contributed by atoms with E-state index in [9.17, 15) is 0 Å². The standard InChI is InChI=1S/C17H16ClN3O2S/c1-23-15-8-3-2-7-14(15)21-16(12-5-4-6-13(18)11-12)19-20-17(21)24-10-9-22/h2-8,11,22H,9-10H2,1H3. The van der Waals surface area contributed by atoms with Crippen LogP contribution in [-0.2, 0) is 0 Å². The molecule has 3 aromatic rings. The summed E-state index contributed by atoms with van der Waals surface area (Å²) in [7, 11) is 1.63. The number of aliphatic hydroxyl groups is 1. The minimum Gasteiger partial charge on any atom is -0.495 e. The maximum atomic E-state index is 9.13. The first-order valence-electron chi connectivity index (χ1n) is 7.33. The van der Waals surface area contributed by atoms with E-state index in [1.165, 1.54) is 11.8 Å². The van der Waals surface area contributed by atoms with E-state index in [4.69, 9.17) is 21.4 Å². The highest BCUT2D eigenvalue weighted by Crippen LogP contribution is 2.32. The van der Waals surface area contributed by atoms with Crippen LogP contribution in [0.15, 0.2) is 53.7 Å². The normalized spacial score (nSPS) is 10.8. The van der Waals surface area contributed by atoms with E-state index in [0.29, 0.717) is 27.5 Å². The predicted octanol–water partition coefficient (Wildman–Crippen LogP) is 3.68. The Morgan fingerprint density at radius 3 is 2.75 bits per heavy atom. The molecule has 0 unspecified atom stereocenters.